The van der Waals surface area contributed by atoms with E-state index in [0.717, 1.165) is 23.6 Å². The van der Waals surface area contributed by atoms with Crippen LogP contribution in [0.15, 0.2) is 54.6 Å². The maximum absolute atomic E-state index is 13.1. The summed E-state index contributed by atoms with van der Waals surface area (Å²) in [5.41, 5.74) is 0.890. The fourth-order valence-electron chi connectivity index (χ4n) is 3.27. The van der Waals surface area contributed by atoms with E-state index in [4.69, 9.17) is 14.2 Å². The molecule has 0 heterocycles. The average molecular weight is 420 g/mol. The molecule has 3 aromatic carbocycles. The summed E-state index contributed by atoms with van der Waals surface area (Å²) in [6.45, 7) is -0.147. The molecule has 160 valence electrons. The molecule has 3 aromatic rings. The lowest BCUT2D eigenvalue weighted by Gasteiger charge is -2.14. The molecule has 1 aliphatic carbocycles. The first-order valence-electron chi connectivity index (χ1n) is 10.1. The minimum absolute atomic E-state index is 0.147. The molecule has 0 spiro atoms. The summed E-state index contributed by atoms with van der Waals surface area (Å²) in [6, 6.07) is 16.6. The highest BCUT2D eigenvalue weighted by Crippen LogP contribution is 2.31. The molecule has 0 unspecified atom stereocenters. The average Bonchev–Trinajstić information content (AvgIpc) is 3.60. The van der Waals surface area contributed by atoms with Crippen molar-refractivity contribution in [1.29, 1.82) is 0 Å². The first-order valence-corrected chi connectivity index (χ1v) is 10.1. The van der Waals surface area contributed by atoms with E-state index in [1.165, 1.54) is 7.11 Å². The number of amides is 2. The quantitative estimate of drug-likeness (QED) is 0.579. The zero-order valence-corrected chi connectivity index (χ0v) is 17.4. The smallest absolute Gasteiger partial charge is 0.259 e. The van der Waals surface area contributed by atoms with Crippen molar-refractivity contribution in [3.05, 3.63) is 60.2 Å². The van der Waals surface area contributed by atoms with Crippen LogP contribution in [0.25, 0.3) is 10.8 Å². The molecule has 0 bridgehead atoms. The Morgan fingerprint density at radius 3 is 2.29 bits per heavy atom. The molecule has 31 heavy (non-hydrogen) atoms. The van der Waals surface area contributed by atoms with Crippen molar-refractivity contribution >= 4 is 28.3 Å². The minimum atomic E-state index is -0.351. The van der Waals surface area contributed by atoms with Crippen molar-refractivity contribution in [1.82, 2.24) is 5.32 Å². The van der Waals surface area contributed by atoms with Crippen LogP contribution < -0.4 is 24.8 Å². The normalized spacial score (nSPS) is 12.8. The molecule has 1 aliphatic rings. The van der Waals surface area contributed by atoms with Crippen LogP contribution in [0.2, 0.25) is 0 Å². The number of carbonyl (C=O) groups is 2. The summed E-state index contributed by atoms with van der Waals surface area (Å²) in [6.07, 6.45) is 2.00. The fourth-order valence-corrected chi connectivity index (χ4v) is 3.27. The van der Waals surface area contributed by atoms with Gasteiger partial charge in [-0.05, 0) is 47.9 Å². The van der Waals surface area contributed by atoms with Crippen molar-refractivity contribution in [3.63, 3.8) is 0 Å². The van der Waals surface area contributed by atoms with E-state index in [-0.39, 0.29) is 24.5 Å². The molecular formula is C24H24N2O5. The molecule has 7 heteroatoms. The van der Waals surface area contributed by atoms with Gasteiger partial charge in [-0.1, -0.05) is 24.3 Å². The largest absolute Gasteiger partial charge is 0.493 e. The summed E-state index contributed by atoms with van der Waals surface area (Å²) in [5.74, 6) is 0.879. The Kier molecular flexibility index (Phi) is 5.93. The Hall–Kier alpha value is -3.74. The number of methoxy groups -OCH3 is 2. The first kappa shape index (κ1) is 20.5. The van der Waals surface area contributed by atoms with Gasteiger partial charge in [0.05, 0.1) is 19.8 Å². The van der Waals surface area contributed by atoms with E-state index in [1.54, 1.807) is 37.4 Å². The molecular weight excluding hydrogens is 396 g/mol. The zero-order valence-electron chi connectivity index (χ0n) is 17.4. The van der Waals surface area contributed by atoms with Gasteiger partial charge < -0.3 is 24.8 Å². The van der Waals surface area contributed by atoms with E-state index < -0.39 is 0 Å². The molecule has 0 atom stereocenters. The summed E-state index contributed by atoms with van der Waals surface area (Å²) in [4.78, 5) is 25.2. The topological polar surface area (TPSA) is 85.9 Å². The molecule has 1 saturated carbocycles. The number of hydrogen-bond acceptors (Lipinski definition) is 5. The van der Waals surface area contributed by atoms with Gasteiger partial charge in [0.2, 0.25) is 0 Å². The molecule has 1 fully saturated rings. The van der Waals surface area contributed by atoms with E-state index in [2.05, 4.69) is 10.6 Å². The van der Waals surface area contributed by atoms with Gasteiger partial charge in [-0.3, -0.25) is 9.59 Å². The van der Waals surface area contributed by atoms with E-state index in [0.29, 0.717) is 28.5 Å². The van der Waals surface area contributed by atoms with Crippen LogP contribution in [-0.2, 0) is 4.79 Å². The third kappa shape index (κ3) is 4.88. The fraction of sp³-hybridized carbons (Fsp3) is 0.250. The number of carbonyl (C=O) groups excluding carboxylic acids is 2. The summed E-state index contributed by atoms with van der Waals surface area (Å²) in [5, 5.41) is 7.56. The molecule has 0 aromatic heterocycles. The van der Waals surface area contributed by atoms with Crippen molar-refractivity contribution in [2.75, 3.05) is 26.1 Å². The van der Waals surface area contributed by atoms with Gasteiger partial charge in [0.25, 0.3) is 11.8 Å². The summed E-state index contributed by atoms with van der Waals surface area (Å²) < 4.78 is 16.3. The SMILES string of the molecule is COc1ccc(NC(=O)c2cc3ccccc3cc2OCC(=O)NC2CC2)cc1OC. The predicted octanol–water partition coefficient (Wildman–Crippen LogP) is 3.77. The number of hydrogen-bond donors (Lipinski definition) is 2. The summed E-state index contributed by atoms with van der Waals surface area (Å²) in [7, 11) is 3.08. The lowest BCUT2D eigenvalue weighted by atomic mass is 10.1. The van der Waals surface area contributed by atoms with Gasteiger partial charge in [0.1, 0.15) is 5.75 Å². The van der Waals surface area contributed by atoms with Gasteiger partial charge in [-0.25, -0.2) is 0 Å². The van der Waals surface area contributed by atoms with Gasteiger partial charge >= 0.3 is 0 Å². The molecule has 0 aliphatic heterocycles. The van der Waals surface area contributed by atoms with E-state index in [9.17, 15) is 9.59 Å². The van der Waals surface area contributed by atoms with Crippen molar-refractivity contribution in [2.24, 2.45) is 0 Å². The van der Waals surface area contributed by atoms with Gasteiger partial charge in [0.15, 0.2) is 18.1 Å². The monoisotopic (exact) mass is 420 g/mol. The second-order valence-electron chi connectivity index (χ2n) is 7.35. The van der Waals surface area contributed by atoms with Crippen molar-refractivity contribution < 1.29 is 23.8 Å². The predicted molar refractivity (Wildman–Crippen MR) is 118 cm³/mol. The Morgan fingerprint density at radius 1 is 0.903 bits per heavy atom. The van der Waals surface area contributed by atoms with Gasteiger partial charge in [0, 0.05) is 17.8 Å². The van der Waals surface area contributed by atoms with E-state index in [1.807, 2.05) is 24.3 Å². The maximum atomic E-state index is 13.1. The standard InChI is InChI=1S/C24H24N2O5/c1-29-20-10-9-18(13-22(20)30-2)26-24(28)19-11-15-5-3-4-6-16(15)12-21(19)31-14-23(27)25-17-7-8-17/h3-6,9-13,17H,7-8,14H2,1-2H3,(H,25,27)(H,26,28). The second kappa shape index (κ2) is 8.95. The molecule has 0 saturated heterocycles. The van der Waals surface area contributed by atoms with Crippen LogP contribution in [0, 0.1) is 0 Å². The molecule has 2 amide bonds. The van der Waals surface area contributed by atoms with E-state index >= 15 is 0 Å². The van der Waals surface area contributed by atoms with Crippen LogP contribution >= 0.6 is 0 Å². The Labute approximate surface area is 180 Å². The lowest BCUT2D eigenvalue weighted by molar-refractivity contribution is -0.123. The highest BCUT2D eigenvalue weighted by Gasteiger charge is 2.24. The first-order chi connectivity index (χ1) is 15.1. The van der Waals surface area contributed by atoms with Crippen LogP contribution in [0.3, 0.4) is 0 Å². The third-order valence-corrected chi connectivity index (χ3v) is 5.04. The van der Waals surface area contributed by atoms with Crippen LogP contribution in [0.5, 0.6) is 17.2 Å². The highest BCUT2D eigenvalue weighted by molar-refractivity contribution is 6.09. The van der Waals surface area contributed by atoms with Crippen LogP contribution in [-0.4, -0.2) is 38.7 Å². The third-order valence-electron chi connectivity index (χ3n) is 5.04. The number of fused-ring (bicyclic) bond motifs is 1. The Bertz CT molecular complexity index is 1120. The van der Waals surface area contributed by atoms with Crippen LogP contribution in [0.1, 0.15) is 23.2 Å². The number of anilines is 1. The van der Waals surface area contributed by atoms with Gasteiger partial charge in [-0.15, -0.1) is 0 Å². The van der Waals surface area contributed by atoms with Crippen molar-refractivity contribution in [3.8, 4) is 17.2 Å². The molecule has 7 nitrogen and oxygen atoms in total. The number of ether oxygens (including phenoxy) is 3. The maximum Gasteiger partial charge on any atom is 0.259 e. The highest BCUT2D eigenvalue weighted by atomic mass is 16.5. The zero-order chi connectivity index (χ0) is 21.8. The lowest BCUT2D eigenvalue weighted by Crippen LogP contribution is -2.30. The number of benzene rings is 3. The number of rotatable bonds is 8. The Balaban J connectivity index is 1.59. The van der Waals surface area contributed by atoms with Gasteiger partial charge in [-0.2, -0.15) is 0 Å². The Morgan fingerprint density at radius 2 is 1.61 bits per heavy atom. The summed E-state index contributed by atoms with van der Waals surface area (Å²) >= 11 is 0. The van der Waals surface area contributed by atoms with Crippen LogP contribution in [0.4, 0.5) is 5.69 Å². The number of nitrogens with one attached hydrogen (secondary N) is 2. The molecule has 0 radical (unpaired) electrons. The minimum Gasteiger partial charge on any atom is -0.493 e. The van der Waals surface area contributed by atoms with Crippen molar-refractivity contribution in [2.45, 2.75) is 18.9 Å². The molecule has 4 rings (SSSR count). The molecule has 2 N–H and O–H groups in total. The second-order valence-corrected chi connectivity index (χ2v) is 7.35.